The smallest absolute Gasteiger partial charge is 0.235 e. The number of para-hydroxylation sites is 1. The molecular weight excluding hydrogens is 338 g/mol. The molecule has 132 valence electrons. The molecule has 25 heavy (non-hydrogen) atoms. The number of aromatic nitrogens is 3. The number of rotatable bonds is 7. The predicted molar refractivity (Wildman–Crippen MR) is 96.2 cm³/mol. The number of carbonyl (C=O) groups is 1. The standard InChI is InChI=1S/C17H21N5O2S/c1-12(16(23)21(2)11-7-10-18)25-17-20-19-15(22(17)3)13-8-5-6-9-14(13)24-4/h5-6,8-9,12H,7,11H2,1-4H3/t12-/m1/s1. The van der Waals surface area contributed by atoms with Crippen LogP contribution in [0.15, 0.2) is 29.4 Å². The maximum atomic E-state index is 12.4. The van der Waals surface area contributed by atoms with Gasteiger partial charge < -0.3 is 14.2 Å². The van der Waals surface area contributed by atoms with Crippen molar-refractivity contribution in [1.82, 2.24) is 19.7 Å². The third kappa shape index (κ3) is 4.31. The molecule has 2 aromatic rings. The van der Waals surface area contributed by atoms with Gasteiger partial charge in [0.2, 0.25) is 5.91 Å². The molecule has 0 radical (unpaired) electrons. The minimum atomic E-state index is -0.322. The summed E-state index contributed by atoms with van der Waals surface area (Å²) in [4.78, 5) is 13.9. The number of benzene rings is 1. The monoisotopic (exact) mass is 359 g/mol. The average molecular weight is 359 g/mol. The Hall–Kier alpha value is -2.53. The third-order valence-electron chi connectivity index (χ3n) is 3.75. The zero-order valence-electron chi connectivity index (χ0n) is 14.8. The highest BCUT2D eigenvalue weighted by Gasteiger charge is 2.22. The molecule has 0 spiro atoms. The summed E-state index contributed by atoms with van der Waals surface area (Å²) in [6.07, 6.45) is 0.321. The number of carbonyl (C=O) groups excluding carboxylic acids is 1. The van der Waals surface area contributed by atoms with Gasteiger partial charge in [-0.3, -0.25) is 4.79 Å². The molecule has 0 saturated carbocycles. The van der Waals surface area contributed by atoms with Gasteiger partial charge in [0.1, 0.15) is 5.75 Å². The van der Waals surface area contributed by atoms with E-state index in [1.807, 2.05) is 48.9 Å². The van der Waals surface area contributed by atoms with E-state index in [4.69, 9.17) is 10.00 Å². The summed E-state index contributed by atoms with van der Waals surface area (Å²) in [6, 6.07) is 9.64. The SMILES string of the molecule is COc1ccccc1-c1nnc(S[C@H](C)C(=O)N(C)CCC#N)n1C. The Labute approximate surface area is 151 Å². The fourth-order valence-electron chi connectivity index (χ4n) is 2.33. The molecule has 1 atom stereocenters. The highest BCUT2D eigenvalue weighted by molar-refractivity contribution is 8.00. The van der Waals surface area contributed by atoms with Crippen molar-refractivity contribution >= 4 is 17.7 Å². The van der Waals surface area contributed by atoms with E-state index in [1.165, 1.54) is 11.8 Å². The Morgan fingerprint density at radius 2 is 2.16 bits per heavy atom. The molecule has 2 rings (SSSR count). The summed E-state index contributed by atoms with van der Waals surface area (Å²) in [5.74, 6) is 1.36. The molecule has 7 nitrogen and oxygen atoms in total. The van der Waals surface area contributed by atoms with E-state index in [9.17, 15) is 4.79 Å². The first-order valence-electron chi connectivity index (χ1n) is 7.81. The molecule has 1 heterocycles. The predicted octanol–water partition coefficient (Wildman–Crippen LogP) is 2.34. The van der Waals surface area contributed by atoms with Gasteiger partial charge >= 0.3 is 0 Å². The molecule has 0 saturated heterocycles. The molecule has 1 aromatic carbocycles. The normalized spacial score (nSPS) is 11.6. The largest absolute Gasteiger partial charge is 0.496 e. The zero-order chi connectivity index (χ0) is 18.4. The lowest BCUT2D eigenvalue weighted by atomic mass is 10.2. The number of nitriles is 1. The van der Waals surface area contributed by atoms with Gasteiger partial charge in [-0.15, -0.1) is 10.2 Å². The quantitative estimate of drug-likeness (QED) is 0.706. The minimum absolute atomic E-state index is 0.0397. The first-order valence-corrected chi connectivity index (χ1v) is 8.69. The molecule has 1 aromatic heterocycles. The van der Waals surface area contributed by atoms with Gasteiger partial charge in [0.25, 0.3) is 0 Å². The van der Waals surface area contributed by atoms with E-state index in [-0.39, 0.29) is 11.2 Å². The molecule has 0 aliphatic heterocycles. The summed E-state index contributed by atoms with van der Waals surface area (Å²) in [5.41, 5.74) is 0.844. The molecule has 0 unspecified atom stereocenters. The fraction of sp³-hybridized carbons (Fsp3) is 0.412. The average Bonchev–Trinajstić information content (AvgIpc) is 2.99. The van der Waals surface area contributed by atoms with Crippen LogP contribution in [0, 0.1) is 11.3 Å². The molecular formula is C17H21N5O2S. The van der Waals surface area contributed by atoms with Gasteiger partial charge in [-0.25, -0.2) is 0 Å². The second kappa shape index (κ2) is 8.53. The highest BCUT2D eigenvalue weighted by Crippen LogP contribution is 2.31. The summed E-state index contributed by atoms with van der Waals surface area (Å²) >= 11 is 1.34. The fourth-order valence-corrected chi connectivity index (χ4v) is 3.26. The minimum Gasteiger partial charge on any atom is -0.496 e. The molecule has 0 aliphatic carbocycles. The van der Waals surface area contributed by atoms with Crippen LogP contribution in [0.1, 0.15) is 13.3 Å². The van der Waals surface area contributed by atoms with E-state index < -0.39 is 0 Å². The van der Waals surface area contributed by atoms with Crippen molar-refractivity contribution in [3.63, 3.8) is 0 Å². The summed E-state index contributed by atoms with van der Waals surface area (Å²) in [5, 5.41) is 17.4. The third-order valence-corrected chi connectivity index (χ3v) is 4.87. The number of hydrogen-bond acceptors (Lipinski definition) is 6. The number of methoxy groups -OCH3 is 1. The molecule has 1 amide bonds. The van der Waals surface area contributed by atoms with Crippen molar-refractivity contribution in [3.8, 4) is 23.2 Å². The van der Waals surface area contributed by atoms with Crippen LogP contribution in [-0.2, 0) is 11.8 Å². The lowest BCUT2D eigenvalue weighted by Gasteiger charge is -2.19. The van der Waals surface area contributed by atoms with Gasteiger partial charge in [0.15, 0.2) is 11.0 Å². The van der Waals surface area contributed by atoms with Crippen LogP contribution in [0.2, 0.25) is 0 Å². The Bertz CT molecular complexity index is 784. The van der Waals surface area contributed by atoms with Crippen molar-refractivity contribution in [3.05, 3.63) is 24.3 Å². The van der Waals surface area contributed by atoms with E-state index >= 15 is 0 Å². The van der Waals surface area contributed by atoms with Crippen LogP contribution in [0.3, 0.4) is 0 Å². The van der Waals surface area contributed by atoms with E-state index in [1.54, 1.807) is 19.1 Å². The molecule has 0 bridgehead atoms. The second-order valence-corrected chi connectivity index (χ2v) is 6.80. The number of amides is 1. The molecule has 0 N–H and O–H groups in total. The Balaban J connectivity index is 2.16. The van der Waals surface area contributed by atoms with Crippen molar-refractivity contribution in [2.75, 3.05) is 20.7 Å². The van der Waals surface area contributed by atoms with Crippen molar-refractivity contribution in [2.24, 2.45) is 7.05 Å². The molecule has 0 fully saturated rings. The van der Waals surface area contributed by atoms with Gasteiger partial charge in [0.05, 0.1) is 30.4 Å². The maximum absolute atomic E-state index is 12.4. The topological polar surface area (TPSA) is 84.0 Å². The van der Waals surface area contributed by atoms with Crippen LogP contribution in [-0.4, -0.2) is 51.5 Å². The van der Waals surface area contributed by atoms with Crippen molar-refractivity contribution < 1.29 is 9.53 Å². The van der Waals surface area contributed by atoms with Gasteiger partial charge in [0, 0.05) is 20.6 Å². The Morgan fingerprint density at radius 1 is 1.44 bits per heavy atom. The van der Waals surface area contributed by atoms with Crippen LogP contribution < -0.4 is 4.74 Å². The maximum Gasteiger partial charge on any atom is 0.235 e. The van der Waals surface area contributed by atoms with Crippen molar-refractivity contribution in [2.45, 2.75) is 23.8 Å². The number of hydrogen-bond donors (Lipinski definition) is 0. The van der Waals surface area contributed by atoms with E-state index in [0.717, 1.165) is 11.3 Å². The van der Waals surface area contributed by atoms with E-state index in [0.29, 0.717) is 23.9 Å². The lowest BCUT2D eigenvalue weighted by Crippen LogP contribution is -2.34. The summed E-state index contributed by atoms with van der Waals surface area (Å²) < 4.78 is 7.23. The van der Waals surface area contributed by atoms with Gasteiger partial charge in [-0.05, 0) is 19.1 Å². The first-order chi connectivity index (χ1) is 12.0. The van der Waals surface area contributed by atoms with Crippen LogP contribution >= 0.6 is 11.8 Å². The van der Waals surface area contributed by atoms with Crippen LogP contribution in [0.5, 0.6) is 5.75 Å². The number of thioether (sulfide) groups is 1. The highest BCUT2D eigenvalue weighted by atomic mass is 32.2. The second-order valence-electron chi connectivity index (χ2n) is 5.49. The molecule has 8 heteroatoms. The lowest BCUT2D eigenvalue weighted by molar-refractivity contribution is -0.128. The van der Waals surface area contributed by atoms with Gasteiger partial charge in [-0.1, -0.05) is 23.9 Å². The van der Waals surface area contributed by atoms with Gasteiger partial charge in [-0.2, -0.15) is 5.26 Å². The summed E-state index contributed by atoms with van der Waals surface area (Å²) in [7, 11) is 5.18. The number of ether oxygens (including phenoxy) is 1. The van der Waals surface area contributed by atoms with Crippen LogP contribution in [0.4, 0.5) is 0 Å². The summed E-state index contributed by atoms with van der Waals surface area (Å²) in [6.45, 7) is 2.25. The van der Waals surface area contributed by atoms with Crippen molar-refractivity contribution in [1.29, 1.82) is 5.26 Å². The Kier molecular flexibility index (Phi) is 6.42. The zero-order valence-corrected chi connectivity index (χ0v) is 15.6. The number of nitrogens with zero attached hydrogens (tertiary/aromatic N) is 5. The van der Waals surface area contributed by atoms with Crippen LogP contribution in [0.25, 0.3) is 11.4 Å². The first kappa shape index (κ1) is 18.8. The van der Waals surface area contributed by atoms with E-state index in [2.05, 4.69) is 10.2 Å². The Morgan fingerprint density at radius 3 is 2.84 bits per heavy atom. The molecule has 0 aliphatic rings.